The van der Waals surface area contributed by atoms with Crippen LogP contribution in [0.25, 0.3) is 0 Å². The number of nitrogens with zero attached hydrogens (tertiary/aromatic N) is 2. The van der Waals surface area contributed by atoms with Crippen LogP contribution in [0.5, 0.6) is 0 Å². The summed E-state index contributed by atoms with van der Waals surface area (Å²) in [6.07, 6.45) is 2.76. The molecule has 0 aliphatic carbocycles. The van der Waals surface area contributed by atoms with Crippen LogP contribution in [-0.4, -0.2) is 19.6 Å². The van der Waals surface area contributed by atoms with Gasteiger partial charge in [0.1, 0.15) is 0 Å². The SMILES string of the molecule is Cc1ccc(S(=O)(=O)N/N=C/c2ccc(Cl)cn2)cc1. The van der Waals surface area contributed by atoms with Crippen molar-refractivity contribution in [3.8, 4) is 0 Å². The van der Waals surface area contributed by atoms with E-state index in [1.54, 1.807) is 24.3 Å². The van der Waals surface area contributed by atoms with E-state index in [-0.39, 0.29) is 4.90 Å². The molecule has 1 N–H and O–H groups in total. The van der Waals surface area contributed by atoms with Gasteiger partial charge in [-0.25, -0.2) is 4.83 Å². The maximum atomic E-state index is 11.9. The molecule has 1 aromatic heterocycles. The van der Waals surface area contributed by atoms with Gasteiger partial charge in [-0.15, -0.1) is 0 Å². The summed E-state index contributed by atoms with van der Waals surface area (Å²) in [5.41, 5.74) is 1.49. The topological polar surface area (TPSA) is 71.4 Å². The molecule has 7 heteroatoms. The number of benzene rings is 1. The van der Waals surface area contributed by atoms with Gasteiger partial charge in [0.2, 0.25) is 0 Å². The molecule has 1 heterocycles. The lowest BCUT2D eigenvalue weighted by atomic mass is 10.2. The Morgan fingerprint density at radius 1 is 1.20 bits per heavy atom. The number of hydrogen-bond donors (Lipinski definition) is 1. The minimum absolute atomic E-state index is 0.157. The number of hydrogen-bond acceptors (Lipinski definition) is 4. The molecule has 0 atom stereocenters. The molecule has 0 fully saturated rings. The van der Waals surface area contributed by atoms with E-state index in [0.29, 0.717) is 10.7 Å². The van der Waals surface area contributed by atoms with E-state index in [0.717, 1.165) is 5.56 Å². The molecule has 0 bridgehead atoms. The van der Waals surface area contributed by atoms with E-state index in [1.807, 2.05) is 6.92 Å². The summed E-state index contributed by atoms with van der Waals surface area (Å²) >= 11 is 5.69. The third-order valence-corrected chi connectivity index (χ3v) is 3.91. The first kappa shape index (κ1) is 14.5. The molecule has 5 nitrogen and oxygen atoms in total. The smallest absolute Gasteiger partial charge is 0.254 e. The molecule has 104 valence electrons. The molecule has 0 spiro atoms. The first-order chi connectivity index (χ1) is 9.47. The second kappa shape index (κ2) is 6.02. The summed E-state index contributed by atoms with van der Waals surface area (Å²) < 4.78 is 23.8. The Hall–Kier alpha value is -1.92. The molecule has 1 aromatic carbocycles. The highest BCUT2D eigenvalue weighted by atomic mass is 35.5. The normalized spacial score (nSPS) is 11.7. The summed E-state index contributed by atoms with van der Waals surface area (Å²) in [6.45, 7) is 1.88. The van der Waals surface area contributed by atoms with Gasteiger partial charge in [-0.3, -0.25) is 4.98 Å². The summed E-state index contributed by atoms with van der Waals surface area (Å²) in [5.74, 6) is 0. The second-order valence-electron chi connectivity index (χ2n) is 4.07. The number of hydrazone groups is 1. The van der Waals surface area contributed by atoms with Gasteiger partial charge in [0, 0.05) is 6.20 Å². The number of nitrogens with one attached hydrogen (secondary N) is 1. The van der Waals surface area contributed by atoms with Crippen molar-refractivity contribution in [3.63, 3.8) is 0 Å². The Morgan fingerprint density at radius 3 is 2.50 bits per heavy atom. The second-order valence-corrected chi connectivity index (χ2v) is 6.16. The van der Waals surface area contributed by atoms with Crippen molar-refractivity contribution in [1.82, 2.24) is 9.82 Å². The van der Waals surface area contributed by atoms with Crippen LogP contribution < -0.4 is 4.83 Å². The predicted octanol–water partition coefficient (Wildman–Crippen LogP) is 2.36. The summed E-state index contributed by atoms with van der Waals surface area (Å²) in [4.78, 5) is 6.25. The van der Waals surface area contributed by atoms with E-state index in [9.17, 15) is 8.42 Å². The number of sulfonamides is 1. The van der Waals surface area contributed by atoms with Crippen molar-refractivity contribution in [2.75, 3.05) is 0 Å². The zero-order valence-corrected chi connectivity index (χ0v) is 12.2. The lowest BCUT2D eigenvalue weighted by Crippen LogP contribution is -2.18. The fourth-order valence-electron chi connectivity index (χ4n) is 1.40. The Labute approximate surface area is 122 Å². The van der Waals surface area contributed by atoms with Gasteiger partial charge >= 0.3 is 0 Å². The van der Waals surface area contributed by atoms with Gasteiger partial charge in [-0.1, -0.05) is 29.3 Å². The molecule has 0 amide bonds. The molecule has 0 saturated heterocycles. The Balaban J connectivity index is 2.09. The fraction of sp³-hybridized carbons (Fsp3) is 0.0769. The summed E-state index contributed by atoms with van der Waals surface area (Å²) in [7, 11) is -3.66. The molecule has 0 aliphatic rings. The number of rotatable bonds is 4. The maximum Gasteiger partial charge on any atom is 0.276 e. The first-order valence-electron chi connectivity index (χ1n) is 5.70. The van der Waals surface area contributed by atoms with E-state index in [4.69, 9.17) is 11.6 Å². The van der Waals surface area contributed by atoms with Crippen molar-refractivity contribution < 1.29 is 8.42 Å². The third kappa shape index (κ3) is 3.79. The largest absolute Gasteiger partial charge is 0.276 e. The minimum Gasteiger partial charge on any atom is -0.254 e. The molecule has 0 radical (unpaired) electrons. The minimum atomic E-state index is -3.66. The fourth-order valence-corrected chi connectivity index (χ4v) is 2.30. The van der Waals surface area contributed by atoms with E-state index in [1.165, 1.54) is 24.5 Å². The van der Waals surface area contributed by atoms with Gasteiger partial charge in [-0.2, -0.15) is 13.5 Å². The van der Waals surface area contributed by atoms with Gasteiger partial charge in [0.25, 0.3) is 10.0 Å². The third-order valence-electron chi connectivity index (χ3n) is 2.45. The van der Waals surface area contributed by atoms with Crippen molar-refractivity contribution in [2.45, 2.75) is 11.8 Å². The number of halogens is 1. The quantitative estimate of drug-likeness (QED) is 0.696. The molecule has 0 unspecified atom stereocenters. The molecule has 20 heavy (non-hydrogen) atoms. The number of aromatic nitrogens is 1. The highest BCUT2D eigenvalue weighted by Crippen LogP contribution is 2.09. The zero-order valence-electron chi connectivity index (χ0n) is 10.6. The maximum absolute atomic E-state index is 11.9. The van der Waals surface area contributed by atoms with Crippen LogP contribution >= 0.6 is 11.6 Å². The highest BCUT2D eigenvalue weighted by molar-refractivity contribution is 7.89. The lowest BCUT2D eigenvalue weighted by Gasteiger charge is -2.03. The van der Waals surface area contributed by atoms with Crippen LogP contribution in [0.2, 0.25) is 5.02 Å². The predicted molar refractivity (Wildman–Crippen MR) is 78.3 cm³/mol. The average molecular weight is 310 g/mol. The van der Waals surface area contributed by atoms with Crippen LogP contribution in [0, 0.1) is 6.92 Å². The van der Waals surface area contributed by atoms with Crippen molar-refractivity contribution in [3.05, 3.63) is 58.9 Å². The van der Waals surface area contributed by atoms with Crippen LogP contribution in [0.15, 0.2) is 52.6 Å². The first-order valence-corrected chi connectivity index (χ1v) is 7.56. The lowest BCUT2D eigenvalue weighted by molar-refractivity contribution is 0.584. The van der Waals surface area contributed by atoms with Gasteiger partial charge in [0.05, 0.1) is 21.8 Å². The summed E-state index contributed by atoms with van der Waals surface area (Å²) in [5, 5.41) is 4.18. The van der Waals surface area contributed by atoms with Crippen LogP contribution in [0.4, 0.5) is 0 Å². The van der Waals surface area contributed by atoms with Crippen LogP contribution in [-0.2, 0) is 10.0 Å². The van der Waals surface area contributed by atoms with Crippen molar-refractivity contribution in [2.24, 2.45) is 5.10 Å². The number of aryl methyl sites for hydroxylation is 1. The zero-order chi connectivity index (χ0) is 14.6. The van der Waals surface area contributed by atoms with Gasteiger partial charge in [-0.05, 0) is 31.2 Å². The number of pyridine rings is 1. The standard InChI is InChI=1S/C13H12ClN3O2S/c1-10-2-6-13(7-3-10)20(18,19)17-16-9-12-5-4-11(14)8-15-12/h2-9,17H,1H3/b16-9+. The Bertz CT molecular complexity index is 710. The van der Waals surface area contributed by atoms with Gasteiger partial charge < -0.3 is 0 Å². The molecule has 0 saturated carbocycles. The van der Waals surface area contributed by atoms with Crippen molar-refractivity contribution in [1.29, 1.82) is 0 Å². The molecule has 2 aromatic rings. The van der Waals surface area contributed by atoms with Crippen molar-refractivity contribution >= 4 is 27.8 Å². The summed E-state index contributed by atoms with van der Waals surface area (Å²) in [6, 6.07) is 9.76. The Morgan fingerprint density at radius 2 is 1.90 bits per heavy atom. The highest BCUT2D eigenvalue weighted by Gasteiger charge is 2.11. The average Bonchev–Trinajstić information content (AvgIpc) is 2.41. The van der Waals surface area contributed by atoms with E-state index < -0.39 is 10.0 Å². The van der Waals surface area contributed by atoms with Gasteiger partial charge in [0.15, 0.2) is 0 Å². The van der Waals surface area contributed by atoms with Crippen LogP contribution in [0.1, 0.15) is 11.3 Å². The molecule has 0 aliphatic heterocycles. The van der Waals surface area contributed by atoms with E-state index in [2.05, 4.69) is 14.9 Å². The van der Waals surface area contributed by atoms with E-state index >= 15 is 0 Å². The molecular formula is C13H12ClN3O2S. The monoisotopic (exact) mass is 309 g/mol. The molecule has 2 rings (SSSR count). The Kier molecular flexibility index (Phi) is 4.36. The van der Waals surface area contributed by atoms with Crippen LogP contribution in [0.3, 0.4) is 0 Å². The molecular weight excluding hydrogens is 298 g/mol.